The van der Waals surface area contributed by atoms with E-state index in [9.17, 15) is 10.1 Å². The van der Waals surface area contributed by atoms with Gasteiger partial charge in [0.15, 0.2) is 0 Å². The first-order valence-corrected chi connectivity index (χ1v) is 6.04. The van der Waals surface area contributed by atoms with Gasteiger partial charge in [0.1, 0.15) is 4.47 Å². The van der Waals surface area contributed by atoms with Crippen LogP contribution in [0.4, 0.5) is 5.82 Å². The van der Waals surface area contributed by atoms with Gasteiger partial charge in [0.05, 0.1) is 17.8 Å². The molecule has 7 heteroatoms. The molecule has 0 unspecified atom stereocenters. The minimum atomic E-state index is -0.469. The summed E-state index contributed by atoms with van der Waals surface area (Å²) in [6, 6.07) is 0. The molecule has 1 fully saturated rings. The van der Waals surface area contributed by atoms with Crippen LogP contribution in [0, 0.1) is 16.0 Å². The van der Waals surface area contributed by atoms with Crippen molar-refractivity contribution in [3.63, 3.8) is 0 Å². The normalized spacial score (nSPS) is 17.6. The molecule has 1 aliphatic rings. The number of hydrogen-bond acceptors (Lipinski definition) is 4. The monoisotopic (exact) mass is 288 g/mol. The van der Waals surface area contributed by atoms with Gasteiger partial charge in [0.2, 0.25) is 0 Å². The minimum Gasteiger partial charge on any atom is -0.358 e. The van der Waals surface area contributed by atoms with Gasteiger partial charge in [-0.05, 0) is 52.7 Å². The Labute approximate surface area is 101 Å². The fraction of sp³-hybridized carbons (Fsp3) is 0.667. The van der Waals surface area contributed by atoms with Gasteiger partial charge in [-0.3, -0.25) is 0 Å². The smallest absolute Gasteiger partial charge is 0.358 e. The molecule has 88 valence electrons. The highest BCUT2D eigenvalue weighted by molar-refractivity contribution is 9.10. The molecule has 1 N–H and O–H groups in total. The van der Waals surface area contributed by atoms with Crippen LogP contribution in [0.15, 0.2) is 10.7 Å². The lowest BCUT2D eigenvalue weighted by atomic mass is 9.98. The largest absolute Gasteiger partial charge is 0.404 e. The third kappa shape index (κ3) is 2.59. The summed E-state index contributed by atoms with van der Waals surface area (Å²) in [5, 5.41) is 17.9. The first-order valence-electron chi connectivity index (χ1n) is 5.25. The summed E-state index contributed by atoms with van der Waals surface area (Å²) in [6.07, 6.45) is 3.89. The fourth-order valence-corrected chi connectivity index (χ4v) is 2.39. The Hall–Kier alpha value is -0.950. The molecule has 2 heterocycles. The third-order valence-electron chi connectivity index (χ3n) is 2.78. The zero-order chi connectivity index (χ0) is 11.5. The SMILES string of the molecule is O=[N+]([O-])c1nn(CC2CCNCC2)cc1Br. The molecule has 0 saturated carbocycles. The van der Waals surface area contributed by atoms with E-state index >= 15 is 0 Å². The van der Waals surface area contributed by atoms with Crippen LogP contribution in [0.3, 0.4) is 0 Å². The molecule has 16 heavy (non-hydrogen) atoms. The van der Waals surface area contributed by atoms with E-state index in [-0.39, 0.29) is 5.82 Å². The van der Waals surface area contributed by atoms with Gasteiger partial charge in [-0.1, -0.05) is 0 Å². The number of piperidine rings is 1. The molecule has 0 radical (unpaired) electrons. The van der Waals surface area contributed by atoms with Crippen molar-refractivity contribution in [1.82, 2.24) is 15.1 Å². The number of halogens is 1. The standard InChI is InChI=1S/C9H13BrN4O2/c10-8-6-13(12-9(8)14(15)16)5-7-1-3-11-4-2-7/h6-7,11H,1-5H2. The van der Waals surface area contributed by atoms with Crippen molar-refractivity contribution in [3.05, 3.63) is 20.8 Å². The molecule has 2 rings (SSSR count). The molecule has 1 aliphatic heterocycles. The number of rotatable bonds is 3. The molecule has 0 aromatic carbocycles. The summed E-state index contributed by atoms with van der Waals surface area (Å²) in [7, 11) is 0. The number of nitrogens with one attached hydrogen (secondary N) is 1. The maximum Gasteiger partial charge on any atom is 0.404 e. The highest BCUT2D eigenvalue weighted by atomic mass is 79.9. The molecular formula is C9H13BrN4O2. The quantitative estimate of drug-likeness (QED) is 0.677. The summed E-state index contributed by atoms with van der Waals surface area (Å²) >= 11 is 3.15. The van der Waals surface area contributed by atoms with E-state index < -0.39 is 4.92 Å². The van der Waals surface area contributed by atoms with Gasteiger partial charge in [-0.25, -0.2) is 0 Å². The van der Waals surface area contributed by atoms with E-state index in [1.54, 1.807) is 10.9 Å². The number of nitrogens with zero attached hydrogens (tertiary/aromatic N) is 3. The lowest BCUT2D eigenvalue weighted by Crippen LogP contribution is -2.30. The molecule has 0 bridgehead atoms. The van der Waals surface area contributed by atoms with Crippen LogP contribution >= 0.6 is 15.9 Å². The lowest BCUT2D eigenvalue weighted by molar-refractivity contribution is -0.390. The second-order valence-corrected chi connectivity index (χ2v) is 4.83. The Bertz CT molecular complexity index is 387. The van der Waals surface area contributed by atoms with Gasteiger partial charge in [-0.2, -0.15) is 4.68 Å². The van der Waals surface area contributed by atoms with Crippen molar-refractivity contribution >= 4 is 21.7 Å². The molecular weight excluding hydrogens is 276 g/mol. The number of hydrogen-bond donors (Lipinski definition) is 1. The van der Waals surface area contributed by atoms with Crippen molar-refractivity contribution < 1.29 is 4.92 Å². The summed E-state index contributed by atoms with van der Waals surface area (Å²) in [6.45, 7) is 2.80. The molecule has 0 atom stereocenters. The van der Waals surface area contributed by atoms with Gasteiger partial charge in [0.25, 0.3) is 0 Å². The average Bonchev–Trinajstić information content (AvgIpc) is 2.61. The topological polar surface area (TPSA) is 73.0 Å². The summed E-state index contributed by atoms with van der Waals surface area (Å²) in [5.41, 5.74) is 0. The summed E-state index contributed by atoms with van der Waals surface area (Å²) in [5.74, 6) is 0.460. The van der Waals surface area contributed by atoms with Gasteiger partial charge >= 0.3 is 5.82 Å². The summed E-state index contributed by atoms with van der Waals surface area (Å²) in [4.78, 5) is 10.1. The van der Waals surface area contributed by atoms with Crippen molar-refractivity contribution in [2.24, 2.45) is 5.92 Å². The van der Waals surface area contributed by atoms with Crippen molar-refractivity contribution in [1.29, 1.82) is 0 Å². The molecule has 0 spiro atoms. The van der Waals surface area contributed by atoms with Crippen molar-refractivity contribution in [2.45, 2.75) is 19.4 Å². The van der Waals surface area contributed by atoms with E-state index in [1.807, 2.05) is 0 Å². The van der Waals surface area contributed by atoms with Gasteiger partial charge in [0, 0.05) is 0 Å². The molecule has 0 amide bonds. The highest BCUT2D eigenvalue weighted by Crippen LogP contribution is 2.23. The predicted molar refractivity (Wildman–Crippen MR) is 62.2 cm³/mol. The van der Waals surface area contributed by atoms with E-state index in [2.05, 4.69) is 26.3 Å². The van der Waals surface area contributed by atoms with Crippen LogP contribution in [0.5, 0.6) is 0 Å². The maximum atomic E-state index is 10.6. The zero-order valence-electron chi connectivity index (χ0n) is 8.73. The van der Waals surface area contributed by atoms with Crippen LogP contribution in [0.1, 0.15) is 12.8 Å². The van der Waals surface area contributed by atoms with E-state index in [0.717, 1.165) is 32.5 Å². The van der Waals surface area contributed by atoms with E-state index in [0.29, 0.717) is 10.4 Å². The summed E-state index contributed by atoms with van der Waals surface area (Å²) < 4.78 is 2.12. The third-order valence-corrected chi connectivity index (χ3v) is 3.34. The molecule has 1 aromatic rings. The second-order valence-electron chi connectivity index (χ2n) is 3.97. The highest BCUT2D eigenvalue weighted by Gasteiger charge is 2.21. The van der Waals surface area contributed by atoms with Crippen LogP contribution < -0.4 is 5.32 Å². The minimum absolute atomic E-state index is 0.103. The number of aromatic nitrogens is 2. The van der Waals surface area contributed by atoms with Gasteiger partial charge in [-0.15, -0.1) is 0 Å². The van der Waals surface area contributed by atoms with Crippen LogP contribution in [0.2, 0.25) is 0 Å². The van der Waals surface area contributed by atoms with E-state index in [4.69, 9.17) is 0 Å². The molecule has 6 nitrogen and oxygen atoms in total. The first kappa shape index (κ1) is 11.5. The van der Waals surface area contributed by atoms with Crippen molar-refractivity contribution in [3.8, 4) is 0 Å². The van der Waals surface area contributed by atoms with Crippen LogP contribution in [-0.4, -0.2) is 27.8 Å². The lowest BCUT2D eigenvalue weighted by Gasteiger charge is -2.21. The van der Waals surface area contributed by atoms with Crippen molar-refractivity contribution in [2.75, 3.05) is 13.1 Å². The van der Waals surface area contributed by atoms with Gasteiger partial charge < -0.3 is 15.4 Å². The Morgan fingerprint density at radius 2 is 2.31 bits per heavy atom. The van der Waals surface area contributed by atoms with Crippen LogP contribution in [0.25, 0.3) is 0 Å². The molecule has 1 saturated heterocycles. The van der Waals surface area contributed by atoms with E-state index in [1.165, 1.54) is 0 Å². The number of nitro groups is 1. The Morgan fingerprint density at radius 1 is 1.62 bits per heavy atom. The molecule has 1 aromatic heterocycles. The Kier molecular flexibility index (Phi) is 3.55. The molecule has 0 aliphatic carbocycles. The predicted octanol–water partition coefficient (Wildman–Crippen LogP) is 1.55. The second kappa shape index (κ2) is 4.92. The zero-order valence-corrected chi connectivity index (χ0v) is 10.3. The first-order chi connectivity index (χ1) is 7.66. The Morgan fingerprint density at radius 3 is 2.88 bits per heavy atom. The Balaban J connectivity index is 2.03. The fourth-order valence-electron chi connectivity index (χ4n) is 1.93. The van der Waals surface area contributed by atoms with Crippen LogP contribution in [-0.2, 0) is 6.54 Å². The maximum absolute atomic E-state index is 10.6. The average molecular weight is 289 g/mol.